The maximum Gasteiger partial charge on any atom is 0.142 e. The molecule has 1 atom stereocenters. The van der Waals surface area contributed by atoms with E-state index in [0.717, 1.165) is 0 Å². The van der Waals surface area contributed by atoms with Gasteiger partial charge >= 0.3 is 0 Å². The topological polar surface area (TPSA) is 47.3 Å². The Balaban J connectivity index is 2.37. The number of hydrogen-bond acceptors (Lipinski definition) is 3. The lowest BCUT2D eigenvalue weighted by Gasteiger charge is -2.13. The van der Waals surface area contributed by atoms with Crippen molar-refractivity contribution in [1.29, 1.82) is 0 Å². The van der Waals surface area contributed by atoms with Crippen LogP contribution in [0.5, 0.6) is 5.75 Å². The molecule has 0 saturated heterocycles. The fraction of sp³-hybridized carbons (Fsp3) is 0.308. The van der Waals surface area contributed by atoms with Crippen LogP contribution in [0.4, 0.5) is 4.39 Å². The lowest BCUT2D eigenvalue weighted by atomic mass is 10.1. The number of imidazole rings is 1. The third-order valence-electron chi connectivity index (χ3n) is 2.84. The lowest BCUT2D eigenvalue weighted by molar-refractivity contribution is 0.199. The summed E-state index contributed by atoms with van der Waals surface area (Å²) in [5, 5.41) is 10.2. The first kappa shape index (κ1) is 12.6. The van der Waals surface area contributed by atoms with E-state index in [-0.39, 0.29) is 5.56 Å². The summed E-state index contributed by atoms with van der Waals surface area (Å²) < 4.78 is 20.5. The van der Waals surface area contributed by atoms with Crippen molar-refractivity contribution in [2.75, 3.05) is 7.11 Å². The summed E-state index contributed by atoms with van der Waals surface area (Å²) in [5.74, 6) is 0.344. The van der Waals surface area contributed by atoms with Crippen LogP contribution in [0.1, 0.15) is 24.4 Å². The van der Waals surface area contributed by atoms with Crippen LogP contribution < -0.4 is 4.74 Å². The van der Waals surface area contributed by atoms with Crippen molar-refractivity contribution in [3.05, 3.63) is 47.8 Å². The van der Waals surface area contributed by atoms with Gasteiger partial charge in [-0.2, -0.15) is 0 Å². The number of methoxy groups -OCH3 is 1. The molecule has 0 radical (unpaired) electrons. The highest BCUT2D eigenvalue weighted by Crippen LogP contribution is 2.26. The van der Waals surface area contributed by atoms with Crippen molar-refractivity contribution >= 4 is 0 Å². The molecule has 2 aromatic rings. The third-order valence-corrected chi connectivity index (χ3v) is 2.84. The number of aryl methyl sites for hydroxylation is 1. The van der Waals surface area contributed by atoms with Gasteiger partial charge in [0.2, 0.25) is 0 Å². The van der Waals surface area contributed by atoms with E-state index in [1.54, 1.807) is 23.0 Å². The molecule has 0 fully saturated rings. The molecule has 1 aromatic carbocycles. The first-order valence-electron chi connectivity index (χ1n) is 5.70. The molecule has 1 aromatic heterocycles. The Morgan fingerprint density at radius 2 is 2.28 bits per heavy atom. The zero-order valence-corrected chi connectivity index (χ0v) is 10.3. The van der Waals surface area contributed by atoms with Crippen LogP contribution in [0.3, 0.4) is 0 Å². The minimum absolute atomic E-state index is 0.191. The van der Waals surface area contributed by atoms with Gasteiger partial charge < -0.3 is 14.4 Å². The Hall–Kier alpha value is -1.88. The Bertz CT molecular complexity index is 540. The van der Waals surface area contributed by atoms with Crippen LogP contribution in [-0.4, -0.2) is 21.8 Å². The van der Waals surface area contributed by atoms with Crippen molar-refractivity contribution in [3.63, 3.8) is 0 Å². The van der Waals surface area contributed by atoms with Crippen molar-refractivity contribution in [1.82, 2.24) is 9.55 Å². The summed E-state index contributed by atoms with van der Waals surface area (Å²) in [7, 11) is 1.47. The number of halogens is 1. The van der Waals surface area contributed by atoms with Gasteiger partial charge in [0, 0.05) is 30.6 Å². The van der Waals surface area contributed by atoms with Gasteiger partial charge in [0.05, 0.1) is 7.11 Å². The van der Waals surface area contributed by atoms with Crippen LogP contribution in [0.25, 0.3) is 0 Å². The summed E-state index contributed by atoms with van der Waals surface area (Å²) in [5.41, 5.74) is 0.191. The summed E-state index contributed by atoms with van der Waals surface area (Å²) in [6.45, 7) is 2.60. The highest BCUT2D eigenvalue weighted by molar-refractivity contribution is 5.32. The van der Waals surface area contributed by atoms with Gasteiger partial charge in [0.1, 0.15) is 23.5 Å². The van der Waals surface area contributed by atoms with Gasteiger partial charge in [-0.15, -0.1) is 0 Å². The Morgan fingerprint density at radius 3 is 2.89 bits per heavy atom. The lowest BCUT2D eigenvalue weighted by Crippen LogP contribution is -2.10. The molecule has 0 aliphatic carbocycles. The molecule has 1 unspecified atom stereocenters. The van der Waals surface area contributed by atoms with Gasteiger partial charge in [0.15, 0.2) is 0 Å². The van der Waals surface area contributed by atoms with Crippen LogP contribution in [-0.2, 0) is 6.54 Å². The summed E-state index contributed by atoms with van der Waals surface area (Å²) in [4.78, 5) is 4.06. The number of aromatic nitrogens is 2. The van der Waals surface area contributed by atoms with E-state index in [2.05, 4.69) is 4.98 Å². The maximum atomic E-state index is 13.8. The summed E-state index contributed by atoms with van der Waals surface area (Å²) >= 11 is 0. The SMILES string of the molecule is CCn1ccnc1C(O)c1ccc(OC)cc1F. The number of rotatable bonds is 4. The van der Waals surface area contributed by atoms with Gasteiger partial charge in [-0.25, -0.2) is 9.37 Å². The van der Waals surface area contributed by atoms with Gasteiger partial charge in [-0.3, -0.25) is 0 Å². The molecule has 0 aliphatic heterocycles. The van der Waals surface area contributed by atoms with E-state index < -0.39 is 11.9 Å². The molecular weight excluding hydrogens is 235 g/mol. The number of benzene rings is 1. The minimum atomic E-state index is -1.08. The van der Waals surface area contributed by atoms with Crippen molar-refractivity contribution in [3.8, 4) is 5.75 Å². The van der Waals surface area contributed by atoms with E-state index in [1.807, 2.05) is 6.92 Å². The molecule has 4 nitrogen and oxygen atoms in total. The van der Waals surface area contributed by atoms with Crippen molar-refractivity contribution in [2.45, 2.75) is 19.6 Å². The summed E-state index contributed by atoms with van der Waals surface area (Å²) in [6, 6.07) is 4.37. The normalized spacial score (nSPS) is 12.4. The predicted molar refractivity (Wildman–Crippen MR) is 64.9 cm³/mol. The van der Waals surface area contributed by atoms with E-state index in [9.17, 15) is 9.50 Å². The zero-order valence-electron chi connectivity index (χ0n) is 10.3. The molecule has 0 saturated carbocycles. The van der Waals surface area contributed by atoms with Crippen molar-refractivity contribution < 1.29 is 14.2 Å². The second-order valence-corrected chi connectivity index (χ2v) is 3.86. The molecule has 1 N–H and O–H groups in total. The van der Waals surface area contributed by atoms with Crippen LogP contribution in [0, 0.1) is 5.82 Å². The molecule has 0 amide bonds. The maximum absolute atomic E-state index is 13.8. The minimum Gasteiger partial charge on any atom is -0.497 e. The number of nitrogens with zero attached hydrogens (tertiary/aromatic N) is 2. The van der Waals surface area contributed by atoms with Gasteiger partial charge in [0.25, 0.3) is 0 Å². The van der Waals surface area contributed by atoms with E-state index in [1.165, 1.54) is 19.2 Å². The molecule has 0 spiro atoms. The third kappa shape index (κ3) is 2.22. The fourth-order valence-corrected chi connectivity index (χ4v) is 1.83. The number of hydrogen-bond donors (Lipinski definition) is 1. The molecule has 1 heterocycles. The average Bonchev–Trinajstić information content (AvgIpc) is 2.86. The fourth-order valence-electron chi connectivity index (χ4n) is 1.83. The second-order valence-electron chi connectivity index (χ2n) is 3.86. The van der Waals surface area contributed by atoms with Crippen LogP contribution in [0.2, 0.25) is 0 Å². The van der Waals surface area contributed by atoms with E-state index >= 15 is 0 Å². The first-order chi connectivity index (χ1) is 8.67. The summed E-state index contributed by atoms with van der Waals surface area (Å²) in [6.07, 6.45) is 2.26. The predicted octanol–water partition coefficient (Wildman–Crippen LogP) is 2.13. The Kier molecular flexibility index (Phi) is 3.62. The highest BCUT2D eigenvalue weighted by Gasteiger charge is 2.19. The standard InChI is InChI=1S/C13H15FN2O2/c1-3-16-7-6-15-13(16)12(17)10-5-4-9(18-2)8-11(10)14/h4-8,12,17H,3H2,1-2H3. The van der Waals surface area contributed by atoms with Crippen LogP contribution in [0.15, 0.2) is 30.6 Å². The first-order valence-corrected chi connectivity index (χ1v) is 5.70. The highest BCUT2D eigenvalue weighted by atomic mass is 19.1. The van der Waals surface area contributed by atoms with Gasteiger partial charge in [-0.1, -0.05) is 0 Å². The molecule has 0 aliphatic rings. The number of aliphatic hydroxyl groups excluding tert-OH is 1. The zero-order chi connectivity index (χ0) is 13.1. The molecule has 5 heteroatoms. The Labute approximate surface area is 105 Å². The smallest absolute Gasteiger partial charge is 0.142 e. The van der Waals surface area contributed by atoms with Crippen LogP contribution >= 0.6 is 0 Å². The Morgan fingerprint density at radius 1 is 1.50 bits per heavy atom. The average molecular weight is 250 g/mol. The number of ether oxygens (including phenoxy) is 1. The molecule has 18 heavy (non-hydrogen) atoms. The largest absolute Gasteiger partial charge is 0.497 e. The second kappa shape index (κ2) is 5.18. The quantitative estimate of drug-likeness (QED) is 0.904. The van der Waals surface area contributed by atoms with E-state index in [4.69, 9.17) is 4.74 Å². The molecule has 0 bridgehead atoms. The molecular formula is C13H15FN2O2. The molecule has 96 valence electrons. The van der Waals surface area contributed by atoms with Gasteiger partial charge in [-0.05, 0) is 19.1 Å². The van der Waals surface area contributed by atoms with E-state index in [0.29, 0.717) is 18.1 Å². The van der Waals surface area contributed by atoms with Crippen molar-refractivity contribution in [2.24, 2.45) is 0 Å². The number of aliphatic hydroxyl groups is 1. The monoisotopic (exact) mass is 250 g/mol. The molecule has 2 rings (SSSR count).